The highest BCUT2D eigenvalue weighted by molar-refractivity contribution is 9.10. The Kier molecular flexibility index (Phi) is 4.10. The summed E-state index contributed by atoms with van der Waals surface area (Å²) in [5.74, 6) is 0.998. The van der Waals surface area contributed by atoms with Crippen molar-refractivity contribution in [2.45, 2.75) is 19.9 Å². The summed E-state index contributed by atoms with van der Waals surface area (Å²) in [7, 11) is 0. The molecule has 18 heavy (non-hydrogen) atoms. The summed E-state index contributed by atoms with van der Waals surface area (Å²) in [4.78, 5) is 0. The Balaban J connectivity index is 2.32. The lowest BCUT2D eigenvalue weighted by molar-refractivity contribution is 0.333. The first-order valence-corrected chi connectivity index (χ1v) is 6.83. The van der Waals surface area contributed by atoms with E-state index in [4.69, 9.17) is 21.9 Å². The molecule has 0 bridgehead atoms. The van der Waals surface area contributed by atoms with Crippen LogP contribution in [0.2, 0.25) is 5.02 Å². The molecule has 3 nitrogen and oxygen atoms in total. The van der Waals surface area contributed by atoms with Crippen LogP contribution in [0, 0.1) is 5.92 Å². The molecule has 96 valence electrons. The van der Waals surface area contributed by atoms with Crippen LogP contribution in [0.25, 0.3) is 11.3 Å². The van der Waals surface area contributed by atoms with Gasteiger partial charge >= 0.3 is 0 Å². The lowest BCUT2D eigenvalue weighted by Crippen LogP contribution is -2.15. The van der Waals surface area contributed by atoms with E-state index in [2.05, 4.69) is 21.1 Å². The van der Waals surface area contributed by atoms with Crippen LogP contribution in [0.1, 0.15) is 25.6 Å². The maximum Gasteiger partial charge on any atom is 0.154 e. The second-order valence-electron chi connectivity index (χ2n) is 4.51. The molecule has 0 saturated carbocycles. The van der Waals surface area contributed by atoms with E-state index in [0.717, 1.165) is 15.7 Å². The summed E-state index contributed by atoms with van der Waals surface area (Å²) in [6.07, 6.45) is 0. The van der Waals surface area contributed by atoms with E-state index in [-0.39, 0.29) is 6.04 Å². The molecule has 0 spiro atoms. The van der Waals surface area contributed by atoms with Crippen LogP contribution in [0.5, 0.6) is 0 Å². The van der Waals surface area contributed by atoms with E-state index in [1.54, 1.807) is 0 Å². The van der Waals surface area contributed by atoms with Gasteiger partial charge in [-0.1, -0.05) is 36.7 Å². The summed E-state index contributed by atoms with van der Waals surface area (Å²) >= 11 is 9.41. The van der Waals surface area contributed by atoms with Gasteiger partial charge in [0, 0.05) is 16.1 Å². The number of benzene rings is 1. The predicted molar refractivity (Wildman–Crippen MR) is 76.4 cm³/mol. The number of halogens is 2. The van der Waals surface area contributed by atoms with Crippen molar-refractivity contribution in [1.29, 1.82) is 0 Å². The monoisotopic (exact) mass is 328 g/mol. The van der Waals surface area contributed by atoms with Gasteiger partial charge in [0.15, 0.2) is 5.76 Å². The van der Waals surface area contributed by atoms with Crippen molar-refractivity contribution in [2.24, 2.45) is 11.7 Å². The molecule has 0 aliphatic rings. The molecule has 0 aliphatic heterocycles. The number of hydrogen-bond donors (Lipinski definition) is 1. The molecular weight excluding hydrogens is 316 g/mol. The molecule has 5 heteroatoms. The number of nitrogens with two attached hydrogens (primary N) is 1. The molecule has 1 aromatic heterocycles. The largest absolute Gasteiger partial charge is 0.359 e. The van der Waals surface area contributed by atoms with Crippen LogP contribution in [0.4, 0.5) is 0 Å². The normalized spacial score (nSPS) is 13.0. The van der Waals surface area contributed by atoms with Crippen LogP contribution in [0.3, 0.4) is 0 Å². The Morgan fingerprint density at radius 3 is 2.67 bits per heavy atom. The summed E-state index contributed by atoms with van der Waals surface area (Å²) in [5.41, 5.74) is 7.67. The third-order valence-electron chi connectivity index (χ3n) is 2.79. The van der Waals surface area contributed by atoms with E-state index in [1.165, 1.54) is 0 Å². The van der Waals surface area contributed by atoms with Gasteiger partial charge in [0.05, 0.1) is 11.1 Å². The molecule has 0 radical (unpaired) electrons. The maximum atomic E-state index is 6.05. The molecule has 2 N–H and O–H groups in total. The van der Waals surface area contributed by atoms with Gasteiger partial charge in [-0.15, -0.1) is 0 Å². The lowest BCUT2D eigenvalue weighted by atomic mass is 10.0. The standard InChI is InChI=1S/C13H14BrClN2O/c1-7(2)13(16)12-6-11(17-18-12)8-3-4-9(14)10(15)5-8/h3-7,13H,16H2,1-2H3. The van der Waals surface area contributed by atoms with E-state index in [1.807, 2.05) is 38.1 Å². The van der Waals surface area contributed by atoms with Gasteiger partial charge in [-0.25, -0.2) is 0 Å². The molecular formula is C13H14BrClN2O. The van der Waals surface area contributed by atoms with Gasteiger partial charge in [-0.05, 0) is 34.0 Å². The van der Waals surface area contributed by atoms with Gasteiger partial charge in [0.1, 0.15) is 5.69 Å². The first-order valence-electron chi connectivity index (χ1n) is 5.66. The third-order valence-corrected chi connectivity index (χ3v) is 4.02. The van der Waals surface area contributed by atoms with Crippen molar-refractivity contribution in [3.8, 4) is 11.3 Å². The molecule has 0 amide bonds. The van der Waals surface area contributed by atoms with Crippen LogP contribution < -0.4 is 5.73 Å². The minimum Gasteiger partial charge on any atom is -0.359 e. The zero-order valence-corrected chi connectivity index (χ0v) is 12.5. The minimum absolute atomic E-state index is 0.142. The molecule has 1 aromatic carbocycles. The first kappa shape index (κ1) is 13.6. The highest BCUT2D eigenvalue weighted by atomic mass is 79.9. The van der Waals surface area contributed by atoms with Gasteiger partial charge in [0.25, 0.3) is 0 Å². The highest BCUT2D eigenvalue weighted by Crippen LogP contribution is 2.30. The Morgan fingerprint density at radius 1 is 1.33 bits per heavy atom. The number of rotatable bonds is 3. The van der Waals surface area contributed by atoms with Crippen LogP contribution in [0.15, 0.2) is 33.3 Å². The Bertz CT molecular complexity index is 554. The van der Waals surface area contributed by atoms with Gasteiger partial charge in [0.2, 0.25) is 0 Å². The maximum absolute atomic E-state index is 6.05. The topological polar surface area (TPSA) is 52.0 Å². The molecule has 1 atom stereocenters. The molecule has 2 aromatic rings. The third kappa shape index (κ3) is 2.76. The van der Waals surface area contributed by atoms with E-state index < -0.39 is 0 Å². The fourth-order valence-corrected chi connectivity index (χ4v) is 1.99. The Hall–Kier alpha value is -0.840. The SMILES string of the molecule is CC(C)C(N)c1cc(-c2ccc(Br)c(Cl)c2)no1. The average Bonchev–Trinajstić information content (AvgIpc) is 2.81. The molecule has 1 unspecified atom stereocenters. The van der Waals surface area contributed by atoms with Crippen molar-refractivity contribution >= 4 is 27.5 Å². The van der Waals surface area contributed by atoms with Crippen molar-refractivity contribution < 1.29 is 4.52 Å². The number of hydrogen-bond acceptors (Lipinski definition) is 3. The van der Waals surface area contributed by atoms with Gasteiger partial charge < -0.3 is 10.3 Å². The van der Waals surface area contributed by atoms with E-state index >= 15 is 0 Å². The smallest absolute Gasteiger partial charge is 0.154 e. The van der Waals surface area contributed by atoms with Crippen molar-refractivity contribution in [3.63, 3.8) is 0 Å². The fraction of sp³-hybridized carbons (Fsp3) is 0.308. The number of aromatic nitrogens is 1. The number of nitrogens with zero attached hydrogens (tertiary/aromatic N) is 1. The van der Waals surface area contributed by atoms with Crippen molar-refractivity contribution in [3.05, 3.63) is 39.5 Å². The summed E-state index contributed by atoms with van der Waals surface area (Å²) in [6, 6.07) is 7.38. The molecule has 0 saturated heterocycles. The molecule has 0 aliphatic carbocycles. The van der Waals surface area contributed by atoms with Crippen LogP contribution in [-0.4, -0.2) is 5.16 Å². The highest BCUT2D eigenvalue weighted by Gasteiger charge is 2.17. The predicted octanol–water partition coefficient (Wildman–Crippen LogP) is 4.41. The van der Waals surface area contributed by atoms with Crippen LogP contribution in [-0.2, 0) is 0 Å². The molecule has 0 fully saturated rings. The Labute approximate surface area is 119 Å². The van der Waals surface area contributed by atoms with Gasteiger partial charge in [-0.2, -0.15) is 0 Å². The quantitative estimate of drug-likeness (QED) is 0.907. The van der Waals surface area contributed by atoms with Gasteiger partial charge in [-0.3, -0.25) is 0 Å². The Morgan fingerprint density at radius 2 is 2.06 bits per heavy atom. The summed E-state index contributed by atoms with van der Waals surface area (Å²) in [6.45, 7) is 4.09. The van der Waals surface area contributed by atoms with E-state index in [0.29, 0.717) is 16.7 Å². The fourth-order valence-electron chi connectivity index (χ4n) is 1.57. The molecule has 1 heterocycles. The summed E-state index contributed by atoms with van der Waals surface area (Å²) in [5, 5.41) is 4.68. The van der Waals surface area contributed by atoms with Crippen molar-refractivity contribution in [1.82, 2.24) is 5.16 Å². The van der Waals surface area contributed by atoms with Crippen LogP contribution >= 0.6 is 27.5 Å². The average molecular weight is 330 g/mol. The lowest BCUT2D eigenvalue weighted by Gasteiger charge is -2.10. The van der Waals surface area contributed by atoms with Crippen molar-refractivity contribution in [2.75, 3.05) is 0 Å². The second-order valence-corrected chi connectivity index (χ2v) is 5.77. The first-order chi connectivity index (χ1) is 8.49. The zero-order chi connectivity index (χ0) is 13.3. The zero-order valence-electron chi connectivity index (χ0n) is 10.2. The molecule has 2 rings (SSSR count). The minimum atomic E-state index is -0.142. The second kappa shape index (κ2) is 5.43. The summed E-state index contributed by atoms with van der Waals surface area (Å²) < 4.78 is 6.14. The van der Waals surface area contributed by atoms with E-state index in [9.17, 15) is 0 Å².